The summed E-state index contributed by atoms with van der Waals surface area (Å²) in [5, 5.41) is 0. The van der Waals surface area contributed by atoms with Gasteiger partial charge in [0.05, 0.1) is 6.61 Å². The molecule has 0 aromatic rings. The van der Waals surface area contributed by atoms with E-state index < -0.39 is 18.1 Å². The van der Waals surface area contributed by atoms with Crippen LogP contribution in [0.25, 0.3) is 0 Å². The normalized spacial score (nSPS) is 13.8. The van der Waals surface area contributed by atoms with E-state index in [9.17, 15) is 18.0 Å². The van der Waals surface area contributed by atoms with Gasteiger partial charge in [-0.15, -0.1) is 0 Å². The summed E-state index contributed by atoms with van der Waals surface area (Å²) in [5.41, 5.74) is 0. The summed E-state index contributed by atoms with van der Waals surface area (Å²) in [4.78, 5) is 11.0. The summed E-state index contributed by atoms with van der Waals surface area (Å²) in [6.45, 7) is 3.26. The first kappa shape index (κ1) is 13.3. The number of halogens is 3. The fourth-order valence-electron chi connectivity index (χ4n) is 0.949. The molecule has 0 aromatic heterocycles. The van der Waals surface area contributed by atoms with Crippen molar-refractivity contribution in [3.8, 4) is 0 Å². The third-order valence-corrected chi connectivity index (χ3v) is 1.83. The lowest BCUT2D eigenvalue weighted by molar-refractivity contribution is -0.198. The van der Waals surface area contributed by atoms with Gasteiger partial charge in [0.25, 0.3) is 0 Å². The second kappa shape index (κ2) is 5.88. The third kappa shape index (κ3) is 4.48. The Morgan fingerprint density at radius 1 is 1.36 bits per heavy atom. The van der Waals surface area contributed by atoms with Crippen molar-refractivity contribution < 1.29 is 22.7 Å². The molecule has 0 aliphatic rings. The number of carbonyl (C=O) groups excluding carboxylic acids is 1. The molecule has 0 aliphatic heterocycles. The molecule has 1 atom stereocenters. The van der Waals surface area contributed by atoms with Crippen molar-refractivity contribution in [2.75, 3.05) is 6.61 Å². The quantitative estimate of drug-likeness (QED) is 0.517. The minimum atomic E-state index is -4.49. The second-order valence-electron chi connectivity index (χ2n) is 3.02. The minimum absolute atomic E-state index is 0.0713. The van der Waals surface area contributed by atoms with Crippen LogP contribution in [0.4, 0.5) is 13.2 Å². The van der Waals surface area contributed by atoms with Crippen LogP contribution in [0, 0.1) is 5.92 Å². The molecule has 0 bridgehead atoms. The van der Waals surface area contributed by atoms with E-state index in [0.717, 1.165) is 6.42 Å². The largest absolute Gasteiger partial charge is 0.465 e. The number of hydrogen-bond acceptors (Lipinski definition) is 2. The average Bonchev–Trinajstić information content (AvgIpc) is 2.03. The van der Waals surface area contributed by atoms with Crippen LogP contribution in [0.2, 0.25) is 0 Å². The van der Waals surface area contributed by atoms with Crippen LogP contribution in [0.1, 0.15) is 33.1 Å². The summed E-state index contributed by atoms with van der Waals surface area (Å²) >= 11 is 0. The molecule has 0 N–H and O–H groups in total. The number of alkyl halides is 3. The molecule has 0 aromatic carbocycles. The molecule has 0 amide bonds. The van der Waals surface area contributed by atoms with Crippen LogP contribution in [0.5, 0.6) is 0 Å². The van der Waals surface area contributed by atoms with Gasteiger partial charge in [-0.05, 0) is 12.8 Å². The lowest BCUT2D eigenvalue weighted by Gasteiger charge is -2.16. The highest BCUT2D eigenvalue weighted by atomic mass is 19.4. The van der Waals surface area contributed by atoms with E-state index in [1.165, 1.54) is 6.92 Å². The number of esters is 1. The van der Waals surface area contributed by atoms with Gasteiger partial charge >= 0.3 is 12.1 Å². The molecule has 0 saturated heterocycles. The zero-order valence-corrected chi connectivity index (χ0v) is 8.36. The van der Waals surface area contributed by atoms with Crippen LogP contribution < -0.4 is 0 Å². The number of hydrogen-bond donors (Lipinski definition) is 0. The summed E-state index contributed by atoms with van der Waals surface area (Å²) in [5.74, 6) is -3.13. The molecule has 84 valence electrons. The van der Waals surface area contributed by atoms with Gasteiger partial charge in [-0.1, -0.05) is 20.3 Å². The zero-order chi connectivity index (χ0) is 11.2. The first-order chi connectivity index (χ1) is 6.43. The van der Waals surface area contributed by atoms with Crippen LogP contribution in [0.15, 0.2) is 0 Å². The highest BCUT2D eigenvalue weighted by molar-refractivity contribution is 5.73. The predicted octanol–water partition coefficient (Wildman–Crippen LogP) is 2.92. The maximum absolute atomic E-state index is 12.2. The lowest BCUT2D eigenvalue weighted by atomic mass is 10.1. The molecule has 14 heavy (non-hydrogen) atoms. The van der Waals surface area contributed by atoms with Gasteiger partial charge in [0.1, 0.15) is 0 Å². The molecule has 1 unspecified atom stereocenters. The molecular weight excluding hydrogens is 197 g/mol. The molecule has 2 nitrogen and oxygen atoms in total. The van der Waals surface area contributed by atoms with Crippen molar-refractivity contribution in [1.29, 1.82) is 0 Å². The third-order valence-electron chi connectivity index (χ3n) is 1.83. The first-order valence-electron chi connectivity index (χ1n) is 4.66. The lowest BCUT2D eigenvalue weighted by Crippen LogP contribution is -2.31. The van der Waals surface area contributed by atoms with E-state index >= 15 is 0 Å². The maximum Gasteiger partial charge on any atom is 0.402 e. The van der Waals surface area contributed by atoms with Crippen molar-refractivity contribution in [3.63, 3.8) is 0 Å². The Balaban J connectivity index is 4.06. The van der Waals surface area contributed by atoms with E-state index in [1.54, 1.807) is 0 Å². The summed E-state index contributed by atoms with van der Waals surface area (Å²) in [6, 6.07) is 0. The Bertz CT molecular complexity index is 177. The highest BCUT2D eigenvalue weighted by Crippen LogP contribution is 2.29. The monoisotopic (exact) mass is 212 g/mol. The minimum Gasteiger partial charge on any atom is -0.465 e. The molecule has 0 spiro atoms. The molecule has 0 heterocycles. The fourth-order valence-corrected chi connectivity index (χ4v) is 0.949. The molecule has 0 radical (unpaired) electrons. The Kier molecular flexibility index (Phi) is 5.57. The van der Waals surface area contributed by atoms with Gasteiger partial charge in [0, 0.05) is 0 Å². The van der Waals surface area contributed by atoms with E-state index in [1.807, 2.05) is 6.92 Å². The summed E-state index contributed by atoms with van der Waals surface area (Å²) in [7, 11) is 0. The van der Waals surface area contributed by atoms with Gasteiger partial charge in [-0.2, -0.15) is 13.2 Å². The number of carbonyl (C=O) groups is 1. The summed E-state index contributed by atoms with van der Waals surface area (Å²) in [6.07, 6.45) is -3.37. The van der Waals surface area contributed by atoms with Crippen LogP contribution >= 0.6 is 0 Å². The van der Waals surface area contributed by atoms with E-state index in [-0.39, 0.29) is 13.0 Å². The topological polar surface area (TPSA) is 26.3 Å². The maximum atomic E-state index is 12.2. The van der Waals surface area contributed by atoms with E-state index in [0.29, 0.717) is 6.42 Å². The van der Waals surface area contributed by atoms with Crippen molar-refractivity contribution >= 4 is 5.97 Å². The van der Waals surface area contributed by atoms with Gasteiger partial charge in [-0.3, -0.25) is 4.79 Å². The Hall–Kier alpha value is -0.740. The SMILES string of the molecule is CCCCOC(=O)C(CC)C(F)(F)F. The van der Waals surface area contributed by atoms with E-state index in [4.69, 9.17) is 0 Å². The second-order valence-corrected chi connectivity index (χ2v) is 3.02. The van der Waals surface area contributed by atoms with Crippen molar-refractivity contribution in [3.05, 3.63) is 0 Å². The van der Waals surface area contributed by atoms with Crippen molar-refractivity contribution in [2.45, 2.75) is 39.3 Å². The van der Waals surface area contributed by atoms with Crippen molar-refractivity contribution in [1.82, 2.24) is 0 Å². The van der Waals surface area contributed by atoms with Crippen LogP contribution in [-0.2, 0) is 9.53 Å². The Morgan fingerprint density at radius 2 is 1.93 bits per heavy atom. The Labute approximate surface area is 81.4 Å². The Morgan fingerprint density at radius 3 is 2.29 bits per heavy atom. The van der Waals surface area contributed by atoms with Gasteiger partial charge in [-0.25, -0.2) is 0 Å². The smallest absolute Gasteiger partial charge is 0.402 e. The molecule has 0 rings (SSSR count). The standard InChI is InChI=1S/C9H15F3O2/c1-3-5-6-14-8(13)7(4-2)9(10,11)12/h7H,3-6H2,1-2H3. The molecular formula is C9H15F3O2. The van der Waals surface area contributed by atoms with Crippen LogP contribution in [-0.4, -0.2) is 18.8 Å². The summed E-state index contributed by atoms with van der Waals surface area (Å²) < 4.78 is 41.0. The van der Waals surface area contributed by atoms with Gasteiger partial charge < -0.3 is 4.74 Å². The fraction of sp³-hybridized carbons (Fsp3) is 0.889. The molecule has 5 heteroatoms. The zero-order valence-electron chi connectivity index (χ0n) is 8.36. The first-order valence-corrected chi connectivity index (χ1v) is 4.66. The highest BCUT2D eigenvalue weighted by Gasteiger charge is 2.44. The predicted molar refractivity (Wildman–Crippen MR) is 45.7 cm³/mol. The van der Waals surface area contributed by atoms with Crippen molar-refractivity contribution in [2.24, 2.45) is 5.92 Å². The number of ether oxygens (including phenoxy) is 1. The average molecular weight is 212 g/mol. The van der Waals surface area contributed by atoms with Crippen LogP contribution in [0.3, 0.4) is 0 Å². The van der Waals surface area contributed by atoms with E-state index in [2.05, 4.69) is 4.74 Å². The van der Waals surface area contributed by atoms with Gasteiger partial charge in [0.15, 0.2) is 5.92 Å². The molecule has 0 aliphatic carbocycles. The molecule has 0 fully saturated rings. The number of rotatable bonds is 5. The number of unbranched alkanes of at least 4 members (excludes halogenated alkanes) is 1. The van der Waals surface area contributed by atoms with Gasteiger partial charge in [0.2, 0.25) is 0 Å². The molecule has 0 saturated carbocycles.